The lowest BCUT2D eigenvalue weighted by atomic mass is 10.0. The Balaban J connectivity index is 4.23. The zero-order valence-electron chi connectivity index (χ0n) is 9.36. The Morgan fingerprint density at radius 1 is 1.47 bits per heavy atom. The van der Waals surface area contributed by atoms with E-state index >= 15 is 0 Å². The quantitative estimate of drug-likeness (QED) is 0.552. The molecule has 0 rings (SSSR count). The predicted octanol–water partition coefficient (Wildman–Crippen LogP) is 0.926. The minimum atomic E-state index is -0.795. The SMILES string of the molecule is CC(C)(C)OC(=O)C(CO)C[C@H](O)CCl. The van der Waals surface area contributed by atoms with E-state index in [0.29, 0.717) is 0 Å². The van der Waals surface area contributed by atoms with Gasteiger partial charge in [0.05, 0.1) is 18.6 Å². The van der Waals surface area contributed by atoms with Crippen LogP contribution in [-0.2, 0) is 9.53 Å². The van der Waals surface area contributed by atoms with Crippen LogP contribution in [0.25, 0.3) is 0 Å². The van der Waals surface area contributed by atoms with Gasteiger partial charge in [-0.3, -0.25) is 4.79 Å². The summed E-state index contributed by atoms with van der Waals surface area (Å²) in [5.41, 5.74) is -0.587. The third-order valence-electron chi connectivity index (χ3n) is 1.70. The molecule has 2 atom stereocenters. The molecule has 0 spiro atoms. The number of carbonyl (C=O) groups is 1. The fourth-order valence-corrected chi connectivity index (χ4v) is 1.15. The first-order chi connectivity index (χ1) is 6.80. The summed E-state index contributed by atoms with van der Waals surface area (Å²) < 4.78 is 5.08. The van der Waals surface area contributed by atoms with Crippen molar-refractivity contribution >= 4 is 17.6 Å². The summed E-state index contributed by atoms with van der Waals surface area (Å²) in [6.45, 7) is 4.90. The monoisotopic (exact) mass is 238 g/mol. The molecule has 0 aromatic carbocycles. The van der Waals surface area contributed by atoms with Crippen molar-refractivity contribution < 1.29 is 19.7 Å². The van der Waals surface area contributed by atoms with Gasteiger partial charge in [-0.25, -0.2) is 0 Å². The Kier molecular flexibility index (Phi) is 6.17. The van der Waals surface area contributed by atoms with E-state index in [9.17, 15) is 9.90 Å². The maximum absolute atomic E-state index is 11.5. The molecule has 1 unspecified atom stereocenters. The molecule has 0 saturated heterocycles. The van der Waals surface area contributed by atoms with E-state index in [2.05, 4.69) is 0 Å². The minimum Gasteiger partial charge on any atom is -0.460 e. The van der Waals surface area contributed by atoms with Gasteiger partial charge in [0.25, 0.3) is 0 Å². The molecule has 2 N–H and O–H groups in total. The summed E-state index contributed by atoms with van der Waals surface area (Å²) in [5.74, 6) is -1.17. The largest absolute Gasteiger partial charge is 0.460 e. The molecule has 0 aliphatic heterocycles. The van der Waals surface area contributed by atoms with Gasteiger partial charge < -0.3 is 14.9 Å². The van der Waals surface area contributed by atoms with Crippen molar-refractivity contribution in [2.45, 2.75) is 38.9 Å². The normalized spacial score (nSPS) is 15.9. The molecule has 5 heteroatoms. The number of carbonyl (C=O) groups excluding carboxylic acids is 1. The number of aliphatic hydroxyl groups is 2. The molecular formula is C10H19ClO4. The maximum Gasteiger partial charge on any atom is 0.311 e. The van der Waals surface area contributed by atoms with E-state index < -0.39 is 23.6 Å². The van der Waals surface area contributed by atoms with Crippen LogP contribution in [0.3, 0.4) is 0 Å². The topological polar surface area (TPSA) is 66.8 Å². The van der Waals surface area contributed by atoms with Gasteiger partial charge in [-0.15, -0.1) is 11.6 Å². The molecule has 0 aromatic rings. The number of rotatable bonds is 5. The van der Waals surface area contributed by atoms with Gasteiger partial charge >= 0.3 is 5.97 Å². The number of halogens is 1. The van der Waals surface area contributed by atoms with Crippen molar-refractivity contribution in [3.63, 3.8) is 0 Å². The molecular weight excluding hydrogens is 220 g/mol. The van der Waals surface area contributed by atoms with Crippen LogP contribution in [0.4, 0.5) is 0 Å². The summed E-state index contributed by atoms with van der Waals surface area (Å²) in [5, 5.41) is 18.2. The highest BCUT2D eigenvalue weighted by Crippen LogP contribution is 2.15. The Hall–Kier alpha value is -0.320. The van der Waals surface area contributed by atoms with Crippen LogP contribution in [0.5, 0.6) is 0 Å². The van der Waals surface area contributed by atoms with Gasteiger partial charge in [0.15, 0.2) is 0 Å². The first kappa shape index (κ1) is 14.7. The molecule has 0 bridgehead atoms. The summed E-state index contributed by atoms with van der Waals surface area (Å²) in [6.07, 6.45) is -0.675. The second-order valence-electron chi connectivity index (χ2n) is 4.46. The van der Waals surface area contributed by atoms with Crippen LogP contribution in [0, 0.1) is 5.92 Å². The molecule has 4 nitrogen and oxygen atoms in total. The van der Waals surface area contributed by atoms with E-state index in [0.717, 1.165) is 0 Å². The van der Waals surface area contributed by atoms with Gasteiger partial charge in [-0.1, -0.05) is 0 Å². The zero-order chi connectivity index (χ0) is 12.1. The Labute approximate surface area is 95.2 Å². The molecule has 0 aliphatic rings. The molecule has 0 fully saturated rings. The summed E-state index contributed by atoms with van der Waals surface area (Å²) >= 11 is 5.41. The molecule has 0 amide bonds. The number of hydrogen-bond acceptors (Lipinski definition) is 4. The van der Waals surface area contributed by atoms with Crippen molar-refractivity contribution in [2.75, 3.05) is 12.5 Å². The van der Waals surface area contributed by atoms with Crippen LogP contribution in [0.2, 0.25) is 0 Å². The van der Waals surface area contributed by atoms with Gasteiger partial charge in [-0.2, -0.15) is 0 Å². The molecule has 0 aliphatic carbocycles. The predicted molar refractivity (Wildman–Crippen MR) is 57.8 cm³/mol. The van der Waals surface area contributed by atoms with Gasteiger partial charge in [-0.05, 0) is 27.2 Å². The van der Waals surface area contributed by atoms with Crippen molar-refractivity contribution in [3.05, 3.63) is 0 Å². The number of esters is 1. The molecule has 0 radical (unpaired) electrons. The minimum absolute atomic E-state index is 0.0410. The van der Waals surface area contributed by atoms with Crippen molar-refractivity contribution in [2.24, 2.45) is 5.92 Å². The number of hydrogen-bond donors (Lipinski definition) is 2. The highest BCUT2D eigenvalue weighted by molar-refractivity contribution is 6.18. The molecule has 15 heavy (non-hydrogen) atoms. The average Bonchev–Trinajstić information content (AvgIpc) is 2.10. The average molecular weight is 239 g/mol. The van der Waals surface area contributed by atoms with Crippen LogP contribution in [0.15, 0.2) is 0 Å². The molecule has 90 valence electrons. The summed E-state index contributed by atoms with van der Waals surface area (Å²) in [4.78, 5) is 11.5. The molecule has 0 saturated carbocycles. The third kappa shape index (κ3) is 6.71. The lowest BCUT2D eigenvalue weighted by Crippen LogP contribution is -2.32. The Morgan fingerprint density at radius 3 is 2.33 bits per heavy atom. The third-order valence-corrected chi connectivity index (χ3v) is 2.05. The van der Waals surface area contributed by atoms with Crippen LogP contribution >= 0.6 is 11.6 Å². The molecule has 0 heterocycles. The first-order valence-corrected chi connectivity index (χ1v) is 5.41. The lowest BCUT2D eigenvalue weighted by molar-refractivity contribution is -0.162. The van der Waals surface area contributed by atoms with Crippen molar-refractivity contribution in [1.82, 2.24) is 0 Å². The highest BCUT2D eigenvalue weighted by Gasteiger charge is 2.26. The Bertz CT molecular complexity index is 200. The Morgan fingerprint density at radius 2 is 2.00 bits per heavy atom. The van der Waals surface area contributed by atoms with E-state index in [-0.39, 0.29) is 18.9 Å². The fraction of sp³-hybridized carbons (Fsp3) is 0.900. The van der Waals surface area contributed by atoms with Crippen LogP contribution in [0.1, 0.15) is 27.2 Å². The zero-order valence-corrected chi connectivity index (χ0v) is 10.1. The van der Waals surface area contributed by atoms with Crippen LogP contribution in [-0.4, -0.2) is 40.4 Å². The first-order valence-electron chi connectivity index (χ1n) is 4.88. The van der Waals surface area contributed by atoms with Crippen molar-refractivity contribution in [1.29, 1.82) is 0 Å². The fourth-order valence-electron chi connectivity index (χ4n) is 1.02. The number of ether oxygens (including phenoxy) is 1. The second-order valence-corrected chi connectivity index (χ2v) is 4.77. The van der Waals surface area contributed by atoms with Crippen molar-refractivity contribution in [3.8, 4) is 0 Å². The molecule has 0 aromatic heterocycles. The van der Waals surface area contributed by atoms with Gasteiger partial charge in [0.2, 0.25) is 0 Å². The summed E-state index contributed by atoms with van der Waals surface area (Å²) in [6, 6.07) is 0. The highest BCUT2D eigenvalue weighted by atomic mass is 35.5. The van der Waals surface area contributed by atoms with E-state index in [4.69, 9.17) is 21.4 Å². The smallest absolute Gasteiger partial charge is 0.311 e. The van der Waals surface area contributed by atoms with E-state index in [1.54, 1.807) is 20.8 Å². The number of alkyl halides is 1. The van der Waals surface area contributed by atoms with E-state index in [1.165, 1.54) is 0 Å². The standard InChI is InChI=1S/C10H19ClO4/c1-10(2,3)15-9(14)7(6-12)4-8(13)5-11/h7-8,12-13H,4-6H2,1-3H3/t7?,8-/m0/s1. The van der Waals surface area contributed by atoms with Gasteiger partial charge in [0, 0.05) is 5.88 Å². The van der Waals surface area contributed by atoms with Crippen LogP contribution < -0.4 is 0 Å². The van der Waals surface area contributed by atoms with Gasteiger partial charge in [0.1, 0.15) is 5.60 Å². The summed E-state index contributed by atoms with van der Waals surface area (Å²) in [7, 11) is 0. The van der Waals surface area contributed by atoms with E-state index in [1.807, 2.05) is 0 Å². The maximum atomic E-state index is 11.5. The number of aliphatic hydroxyl groups excluding tert-OH is 2. The second kappa shape index (κ2) is 6.30. The lowest BCUT2D eigenvalue weighted by Gasteiger charge is -2.23.